The van der Waals surface area contributed by atoms with Crippen molar-refractivity contribution in [3.63, 3.8) is 0 Å². The van der Waals surface area contributed by atoms with Gasteiger partial charge in [0.15, 0.2) is 0 Å². The molecule has 0 atom stereocenters. The van der Waals surface area contributed by atoms with Crippen molar-refractivity contribution in [1.29, 1.82) is 0 Å². The summed E-state index contributed by atoms with van der Waals surface area (Å²) in [6.45, 7) is 4.28. The number of nitrogens with zero attached hydrogens (tertiary/aromatic N) is 2. The molecule has 0 aromatic heterocycles. The highest BCUT2D eigenvalue weighted by Crippen LogP contribution is 2.21. The summed E-state index contributed by atoms with van der Waals surface area (Å²) >= 11 is 0. The van der Waals surface area contributed by atoms with Crippen LogP contribution >= 0.6 is 0 Å². The summed E-state index contributed by atoms with van der Waals surface area (Å²) in [6.07, 6.45) is 2.49. The van der Waals surface area contributed by atoms with Gasteiger partial charge in [-0.25, -0.2) is 8.42 Å². The molecular weight excluding hydrogens is 374 g/mol. The SMILES string of the molecule is CCS(=O)(=O)N(C)c1ccc(C(=O)NCc2ccc(N3CCCC3)cc2)cc1. The first kappa shape index (κ1) is 20.2. The fourth-order valence-corrected chi connectivity index (χ4v) is 4.09. The van der Waals surface area contributed by atoms with Crippen LogP contribution in [0.4, 0.5) is 11.4 Å². The Kier molecular flexibility index (Phi) is 6.24. The monoisotopic (exact) mass is 401 g/mol. The molecule has 2 aromatic carbocycles. The first-order chi connectivity index (χ1) is 13.4. The highest BCUT2D eigenvalue weighted by molar-refractivity contribution is 7.92. The molecule has 1 aliphatic rings. The molecule has 0 spiro atoms. The van der Waals surface area contributed by atoms with Crippen molar-refractivity contribution in [3.8, 4) is 0 Å². The minimum atomic E-state index is -3.31. The zero-order chi connectivity index (χ0) is 20.1. The number of hydrogen-bond donors (Lipinski definition) is 1. The Hall–Kier alpha value is -2.54. The normalized spacial score (nSPS) is 14.1. The Morgan fingerprint density at radius 1 is 1.04 bits per heavy atom. The van der Waals surface area contributed by atoms with Crippen LogP contribution in [-0.2, 0) is 16.6 Å². The second-order valence-corrected chi connectivity index (χ2v) is 9.25. The number of benzene rings is 2. The van der Waals surface area contributed by atoms with E-state index >= 15 is 0 Å². The van der Waals surface area contributed by atoms with Crippen molar-refractivity contribution in [2.45, 2.75) is 26.3 Å². The van der Waals surface area contributed by atoms with Gasteiger partial charge in [0.2, 0.25) is 10.0 Å². The van der Waals surface area contributed by atoms with E-state index in [1.165, 1.54) is 29.9 Å². The van der Waals surface area contributed by atoms with Gasteiger partial charge in [0.1, 0.15) is 0 Å². The molecule has 1 aliphatic heterocycles. The summed E-state index contributed by atoms with van der Waals surface area (Å²) < 4.78 is 25.1. The second-order valence-electron chi connectivity index (χ2n) is 6.96. The van der Waals surface area contributed by atoms with Crippen LogP contribution in [-0.4, -0.2) is 40.2 Å². The van der Waals surface area contributed by atoms with Gasteiger partial charge in [-0.3, -0.25) is 9.10 Å². The molecule has 0 saturated carbocycles. The average molecular weight is 402 g/mol. The van der Waals surface area contributed by atoms with Crippen LogP contribution < -0.4 is 14.5 Å². The van der Waals surface area contributed by atoms with Crippen LogP contribution in [0.25, 0.3) is 0 Å². The number of carbonyl (C=O) groups is 1. The number of rotatable bonds is 7. The van der Waals surface area contributed by atoms with Crippen molar-refractivity contribution >= 4 is 27.3 Å². The highest BCUT2D eigenvalue weighted by atomic mass is 32.2. The lowest BCUT2D eigenvalue weighted by Crippen LogP contribution is -2.28. The van der Waals surface area contributed by atoms with E-state index in [0.717, 1.165) is 18.7 Å². The predicted molar refractivity (Wildman–Crippen MR) is 113 cm³/mol. The first-order valence-corrected chi connectivity index (χ1v) is 11.2. The Bertz CT molecular complexity index is 903. The summed E-state index contributed by atoms with van der Waals surface area (Å²) in [7, 11) is -1.80. The van der Waals surface area contributed by atoms with Gasteiger partial charge in [-0.15, -0.1) is 0 Å². The summed E-state index contributed by atoms with van der Waals surface area (Å²) in [4.78, 5) is 14.8. The van der Waals surface area contributed by atoms with Crippen molar-refractivity contribution < 1.29 is 13.2 Å². The predicted octanol–water partition coefficient (Wildman–Crippen LogP) is 3.00. The standard InChI is InChI=1S/C21H27N3O3S/c1-3-28(26,27)23(2)19-12-8-18(9-13-19)21(25)22-16-17-6-10-20(11-7-17)24-14-4-5-15-24/h6-13H,3-5,14-16H2,1-2H3,(H,22,25). The minimum absolute atomic E-state index is 0.0300. The summed E-state index contributed by atoms with van der Waals surface area (Å²) in [6, 6.07) is 14.9. The summed E-state index contributed by atoms with van der Waals surface area (Å²) in [5, 5.41) is 2.91. The maximum atomic E-state index is 12.4. The van der Waals surface area contributed by atoms with Crippen molar-refractivity contribution in [1.82, 2.24) is 5.32 Å². The van der Waals surface area contributed by atoms with E-state index in [4.69, 9.17) is 0 Å². The van der Waals surface area contributed by atoms with E-state index in [-0.39, 0.29) is 11.7 Å². The topological polar surface area (TPSA) is 69.7 Å². The quantitative estimate of drug-likeness (QED) is 0.774. The molecule has 0 aliphatic carbocycles. The third-order valence-electron chi connectivity index (χ3n) is 5.14. The molecule has 1 heterocycles. The smallest absolute Gasteiger partial charge is 0.251 e. The molecule has 7 heteroatoms. The van der Waals surface area contributed by atoms with E-state index in [9.17, 15) is 13.2 Å². The van der Waals surface area contributed by atoms with Gasteiger partial charge in [-0.2, -0.15) is 0 Å². The van der Waals surface area contributed by atoms with E-state index < -0.39 is 10.0 Å². The van der Waals surface area contributed by atoms with Gasteiger partial charge in [0.05, 0.1) is 11.4 Å². The molecule has 150 valence electrons. The van der Waals surface area contributed by atoms with E-state index in [0.29, 0.717) is 17.8 Å². The van der Waals surface area contributed by atoms with Gasteiger partial charge >= 0.3 is 0 Å². The van der Waals surface area contributed by atoms with Gasteiger partial charge in [-0.1, -0.05) is 12.1 Å². The molecule has 3 rings (SSSR count). The molecule has 0 radical (unpaired) electrons. The number of anilines is 2. The largest absolute Gasteiger partial charge is 0.372 e. The zero-order valence-corrected chi connectivity index (χ0v) is 17.2. The Balaban J connectivity index is 1.57. The highest BCUT2D eigenvalue weighted by Gasteiger charge is 2.16. The molecule has 2 aromatic rings. The number of carbonyl (C=O) groups excluding carboxylic acids is 1. The third kappa shape index (κ3) is 4.65. The Morgan fingerprint density at radius 2 is 1.64 bits per heavy atom. The fraction of sp³-hybridized carbons (Fsp3) is 0.381. The van der Waals surface area contributed by atoms with Crippen LogP contribution in [0.5, 0.6) is 0 Å². The molecule has 1 amide bonds. The van der Waals surface area contributed by atoms with Crippen LogP contribution in [0, 0.1) is 0 Å². The summed E-state index contributed by atoms with van der Waals surface area (Å²) in [5.41, 5.74) is 3.31. The number of nitrogens with one attached hydrogen (secondary N) is 1. The second kappa shape index (κ2) is 8.65. The maximum absolute atomic E-state index is 12.4. The van der Waals surface area contributed by atoms with Crippen LogP contribution in [0.3, 0.4) is 0 Å². The molecule has 1 N–H and O–H groups in total. The van der Waals surface area contributed by atoms with Crippen molar-refractivity contribution in [2.24, 2.45) is 0 Å². The lowest BCUT2D eigenvalue weighted by molar-refractivity contribution is 0.0951. The van der Waals surface area contributed by atoms with Gasteiger partial charge < -0.3 is 10.2 Å². The fourth-order valence-electron chi connectivity index (χ4n) is 3.26. The van der Waals surface area contributed by atoms with E-state index in [1.807, 2.05) is 12.1 Å². The number of hydrogen-bond acceptors (Lipinski definition) is 4. The molecule has 28 heavy (non-hydrogen) atoms. The van der Waals surface area contributed by atoms with E-state index in [2.05, 4.69) is 22.3 Å². The Labute approximate surface area is 167 Å². The minimum Gasteiger partial charge on any atom is -0.372 e. The molecule has 1 fully saturated rings. The number of sulfonamides is 1. The molecule has 0 unspecified atom stereocenters. The lowest BCUT2D eigenvalue weighted by atomic mass is 10.1. The van der Waals surface area contributed by atoms with Gasteiger partial charge in [-0.05, 0) is 61.7 Å². The van der Waals surface area contributed by atoms with E-state index in [1.54, 1.807) is 31.2 Å². The third-order valence-corrected chi connectivity index (χ3v) is 6.91. The first-order valence-electron chi connectivity index (χ1n) is 9.59. The lowest BCUT2D eigenvalue weighted by Gasteiger charge is -2.18. The maximum Gasteiger partial charge on any atom is 0.251 e. The van der Waals surface area contributed by atoms with Gasteiger partial charge in [0, 0.05) is 37.9 Å². The molecule has 6 nitrogen and oxygen atoms in total. The molecule has 1 saturated heterocycles. The molecule has 0 bridgehead atoms. The molecular formula is C21H27N3O3S. The zero-order valence-electron chi connectivity index (χ0n) is 16.4. The van der Waals surface area contributed by atoms with Crippen molar-refractivity contribution in [3.05, 3.63) is 59.7 Å². The van der Waals surface area contributed by atoms with Gasteiger partial charge in [0.25, 0.3) is 5.91 Å². The van der Waals surface area contributed by atoms with Crippen LogP contribution in [0.1, 0.15) is 35.7 Å². The van der Waals surface area contributed by atoms with Crippen LogP contribution in [0.15, 0.2) is 48.5 Å². The average Bonchev–Trinajstić information content (AvgIpc) is 3.27. The summed E-state index contributed by atoms with van der Waals surface area (Å²) in [5.74, 6) is -0.154. The van der Waals surface area contributed by atoms with Crippen LogP contribution in [0.2, 0.25) is 0 Å². The Morgan fingerprint density at radius 3 is 2.21 bits per heavy atom. The number of amides is 1. The van der Waals surface area contributed by atoms with Crippen molar-refractivity contribution in [2.75, 3.05) is 35.1 Å².